The highest BCUT2D eigenvalue weighted by atomic mass is 32.2. The normalized spacial score (nSPS) is 12.4. The van der Waals surface area contributed by atoms with Crippen LogP contribution in [0.2, 0.25) is 0 Å². The maximum Gasteiger partial charge on any atom is 0.270 e. The zero-order valence-corrected chi connectivity index (χ0v) is 10.2. The number of hydrogen-bond acceptors (Lipinski definition) is 4. The number of aliphatic hydroxyl groups is 1. The molecule has 0 aliphatic rings. The molecule has 0 saturated carbocycles. The summed E-state index contributed by atoms with van der Waals surface area (Å²) in [7, 11) is 0. The first kappa shape index (κ1) is 13.0. The average molecular weight is 241 g/mol. The Kier molecular flexibility index (Phi) is 4.76. The first-order chi connectivity index (χ1) is 7.52. The highest BCUT2D eigenvalue weighted by Crippen LogP contribution is 2.29. The number of nitro benzene ring substituents is 1. The van der Waals surface area contributed by atoms with E-state index in [4.69, 9.17) is 5.11 Å². The minimum Gasteiger partial charge on any atom is -0.396 e. The van der Waals surface area contributed by atoms with E-state index in [0.717, 1.165) is 10.5 Å². The molecule has 88 valence electrons. The Hall–Kier alpha value is -1.07. The number of aryl methyl sites for hydroxylation is 1. The molecule has 0 radical (unpaired) electrons. The number of aliphatic hydroxyl groups excluding tert-OH is 1. The molecule has 0 aliphatic heterocycles. The molecule has 0 aliphatic carbocycles. The monoisotopic (exact) mass is 241 g/mol. The van der Waals surface area contributed by atoms with Gasteiger partial charge in [-0.25, -0.2) is 0 Å². The predicted octanol–water partition coefficient (Wildman–Crippen LogP) is 2.77. The number of thioether (sulfide) groups is 1. The molecule has 0 aromatic heterocycles. The largest absolute Gasteiger partial charge is 0.396 e. The van der Waals surface area contributed by atoms with E-state index in [1.165, 1.54) is 0 Å². The minimum absolute atomic E-state index is 0.124. The fraction of sp³-hybridized carbons (Fsp3) is 0.455. The number of non-ortho nitro benzene ring substituents is 1. The lowest BCUT2D eigenvalue weighted by atomic mass is 10.2. The van der Waals surface area contributed by atoms with E-state index in [-0.39, 0.29) is 22.5 Å². The molecule has 0 amide bonds. The Morgan fingerprint density at radius 1 is 1.50 bits per heavy atom. The molecule has 16 heavy (non-hydrogen) atoms. The molecule has 0 heterocycles. The van der Waals surface area contributed by atoms with Crippen LogP contribution in [-0.2, 0) is 0 Å². The predicted molar refractivity (Wildman–Crippen MR) is 64.9 cm³/mol. The third-order valence-electron chi connectivity index (χ3n) is 2.12. The van der Waals surface area contributed by atoms with Crippen LogP contribution in [0.5, 0.6) is 0 Å². The van der Waals surface area contributed by atoms with Crippen LogP contribution in [0, 0.1) is 17.0 Å². The molecule has 1 aromatic rings. The molecule has 4 nitrogen and oxygen atoms in total. The first-order valence-corrected chi connectivity index (χ1v) is 5.94. The Balaban J connectivity index is 2.84. The topological polar surface area (TPSA) is 63.4 Å². The van der Waals surface area contributed by atoms with Crippen LogP contribution in [0.15, 0.2) is 23.1 Å². The van der Waals surface area contributed by atoms with Crippen molar-refractivity contribution in [2.45, 2.75) is 30.4 Å². The zero-order valence-electron chi connectivity index (χ0n) is 9.34. The molecule has 1 atom stereocenters. The second-order valence-electron chi connectivity index (χ2n) is 3.70. The van der Waals surface area contributed by atoms with Crippen molar-refractivity contribution in [2.24, 2.45) is 0 Å². The number of rotatable bonds is 5. The number of benzene rings is 1. The summed E-state index contributed by atoms with van der Waals surface area (Å²) < 4.78 is 0. The van der Waals surface area contributed by atoms with Gasteiger partial charge in [0.05, 0.1) is 4.92 Å². The molecule has 0 fully saturated rings. The van der Waals surface area contributed by atoms with Gasteiger partial charge in [0.25, 0.3) is 5.69 Å². The zero-order chi connectivity index (χ0) is 12.1. The molecule has 0 bridgehead atoms. The van der Waals surface area contributed by atoms with Gasteiger partial charge in [0.1, 0.15) is 0 Å². The van der Waals surface area contributed by atoms with Gasteiger partial charge in [-0.2, -0.15) is 0 Å². The number of nitrogens with zero attached hydrogens (tertiary/aromatic N) is 1. The average Bonchev–Trinajstić information content (AvgIpc) is 2.16. The van der Waals surface area contributed by atoms with Gasteiger partial charge in [-0.3, -0.25) is 10.1 Å². The Labute approximate surface area is 98.8 Å². The van der Waals surface area contributed by atoms with Gasteiger partial charge >= 0.3 is 0 Å². The second-order valence-corrected chi connectivity index (χ2v) is 5.21. The fourth-order valence-corrected chi connectivity index (χ4v) is 2.51. The van der Waals surface area contributed by atoms with Crippen molar-refractivity contribution in [1.82, 2.24) is 0 Å². The number of nitro groups is 1. The van der Waals surface area contributed by atoms with Crippen LogP contribution >= 0.6 is 11.8 Å². The summed E-state index contributed by atoms with van der Waals surface area (Å²) in [4.78, 5) is 11.2. The summed E-state index contributed by atoms with van der Waals surface area (Å²) >= 11 is 1.55. The van der Waals surface area contributed by atoms with E-state index in [1.807, 2.05) is 19.9 Å². The second kappa shape index (κ2) is 5.86. The van der Waals surface area contributed by atoms with Crippen molar-refractivity contribution in [3.05, 3.63) is 33.9 Å². The fourth-order valence-electron chi connectivity index (χ4n) is 1.37. The molecule has 0 saturated heterocycles. The van der Waals surface area contributed by atoms with E-state index in [9.17, 15) is 10.1 Å². The van der Waals surface area contributed by atoms with E-state index in [2.05, 4.69) is 0 Å². The van der Waals surface area contributed by atoms with E-state index >= 15 is 0 Å². The lowest BCUT2D eigenvalue weighted by molar-refractivity contribution is -0.385. The Bertz CT molecular complexity index is 381. The van der Waals surface area contributed by atoms with Crippen LogP contribution in [0.4, 0.5) is 5.69 Å². The maximum absolute atomic E-state index is 10.7. The van der Waals surface area contributed by atoms with Gasteiger partial charge in [0.15, 0.2) is 0 Å². The summed E-state index contributed by atoms with van der Waals surface area (Å²) in [5.74, 6) is 0. The molecule has 5 heteroatoms. The van der Waals surface area contributed by atoms with Crippen molar-refractivity contribution in [3.8, 4) is 0 Å². The minimum atomic E-state index is -0.381. The van der Waals surface area contributed by atoms with Crippen LogP contribution in [0.3, 0.4) is 0 Å². The lowest BCUT2D eigenvalue weighted by Gasteiger charge is -2.09. The SMILES string of the molecule is Cc1cc(SC(C)CCO)cc([N+](=O)[O-])c1. The van der Waals surface area contributed by atoms with Gasteiger partial charge in [-0.05, 0) is 25.0 Å². The van der Waals surface area contributed by atoms with Crippen LogP contribution in [-0.4, -0.2) is 21.9 Å². The van der Waals surface area contributed by atoms with Crippen molar-refractivity contribution in [2.75, 3.05) is 6.61 Å². The third kappa shape index (κ3) is 3.83. The standard InChI is InChI=1S/C11H15NO3S/c1-8-5-10(12(14)15)7-11(6-8)16-9(2)3-4-13/h5-7,9,13H,3-4H2,1-2H3. The summed E-state index contributed by atoms with van der Waals surface area (Å²) in [5.41, 5.74) is 1.01. The number of hydrogen-bond donors (Lipinski definition) is 1. The molecule has 1 unspecified atom stereocenters. The van der Waals surface area contributed by atoms with Gasteiger partial charge in [-0.1, -0.05) is 6.92 Å². The van der Waals surface area contributed by atoms with E-state index < -0.39 is 0 Å². The van der Waals surface area contributed by atoms with Crippen LogP contribution < -0.4 is 0 Å². The van der Waals surface area contributed by atoms with Crippen molar-refractivity contribution >= 4 is 17.4 Å². The summed E-state index contributed by atoms with van der Waals surface area (Å²) in [6.45, 7) is 3.98. The third-order valence-corrected chi connectivity index (χ3v) is 3.27. The highest BCUT2D eigenvalue weighted by molar-refractivity contribution is 7.99. The van der Waals surface area contributed by atoms with Gasteiger partial charge in [0.2, 0.25) is 0 Å². The Morgan fingerprint density at radius 2 is 2.19 bits per heavy atom. The van der Waals surface area contributed by atoms with Crippen LogP contribution in [0.1, 0.15) is 18.9 Å². The quantitative estimate of drug-likeness (QED) is 0.489. The van der Waals surface area contributed by atoms with Crippen LogP contribution in [0.25, 0.3) is 0 Å². The highest BCUT2D eigenvalue weighted by Gasteiger charge is 2.10. The van der Waals surface area contributed by atoms with Crippen molar-refractivity contribution < 1.29 is 10.0 Å². The summed E-state index contributed by atoms with van der Waals surface area (Å²) in [5, 5.41) is 19.7. The van der Waals surface area contributed by atoms with Gasteiger partial charge in [0, 0.05) is 28.9 Å². The van der Waals surface area contributed by atoms with Crippen molar-refractivity contribution in [1.29, 1.82) is 0 Å². The van der Waals surface area contributed by atoms with Gasteiger partial charge in [-0.15, -0.1) is 11.8 Å². The van der Waals surface area contributed by atoms with E-state index in [0.29, 0.717) is 6.42 Å². The molecular weight excluding hydrogens is 226 g/mol. The summed E-state index contributed by atoms with van der Waals surface area (Å²) in [6, 6.07) is 5.05. The molecule has 0 spiro atoms. The van der Waals surface area contributed by atoms with E-state index in [1.54, 1.807) is 23.9 Å². The van der Waals surface area contributed by atoms with Gasteiger partial charge < -0.3 is 5.11 Å². The smallest absolute Gasteiger partial charge is 0.270 e. The Morgan fingerprint density at radius 3 is 2.75 bits per heavy atom. The van der Waals surface area contributed by atoms with Crippen molar-refractivity contribution in [3.63, 3.8) is 0 Å². The molecule has 1 aromatic carbocycles. The molecular formula is C11H15NO3S. The first-order valence-electron chi connectivity index (χ1n) is 5.06. The maximum atomic E-state index is 10.7. The molecule has 1 rings (SSSR count). The molecule has 1 N–H and O–H groups in total. The lowest BCUT2D eigenvalue weighted by Crippen LogP contribution is -1.99. The summed E-state index contributed by atoms with van der Waals surface area (Å²) in [6.07, 6.45) is 0.687.